The zero-order valence-electron chi connectivity index (χ0n) is 8.72. The lowest BCUT2D eigenvalue weighted by Crippen LogP contribution is -2.10. The molecule has 0 saturated carbocycles. The number of hydrogen-bond acceptors (Lipinski definition) is 3. The van der Waals surface area contributed by atoms with Crippen molar-refractivity contribution in [3.63, 3.8) is 0 Å². The molecule has 13 heavy (non-hydrogen) atoms. The Bertz CT molecular complexity index is 264. The van der Waals surface area contributed by atoms with Crippen molar-refractivity contribution in [2.75, 3.05) is 0 Å². The molecule has 0 aliphatic carbocycles. The average molecular weight is 199 g/mol. The van der Waals surface area contributed by atoms with Gasteiger partial charge in [0.25, 0.3) is 0 Å². The van der Waals surface area contributed by atoms with Crippen LogP contribution in [0.4, 0.5) is 0 Å². The van der Waals surface area contributed by atoms with Crippen molar-refractivity contribution in [3.8, 4) is 0 Å². The van der Waals surface area contributed by atoms with Gasteiger partial charge in [0.1, 0.15) is 0 Å². The van der Waals surface area contributed by atoms with Crippen LogP contribution in [-0.2, 0) is 18.4 Å². The standard InChI is InChI=1S/C10H17NOS/c1-5-8-7(6-12)11-9(13-8)10(2,3)4/h12H,5-6H2,1-4H3. The fourth-order valence-corrected chi connectivity index (χ4v) is 2.17. The number of aromatic nitrogens is 1. The zero-order chi connectivity index (χ0) is 10.1. The largest absolute Gasteiger partial charge is 0.390 e. The molecule has 0 saturated heterocycles. The van der Waals surface area contributed by atoms with E-state index in [1.54, 1.807) is 11.3 Å². The highest BCUT2D eigenvalue weighted by Gasteiger charge is 2.20. The van der Waals surface area contributed by atoms with E-state index in [0.29, 0.717) is 0 Å². The van der Waals surface area contributed by atoms with Gasteiger partial charge in [-0.2, -0.15) is 0 Å². The van der Waals surface area contributed by atoms with Crippen molar-refractivity contribution in [1.82, 2.24) is 4.98 Å². The van der Waals surface area contributed by atoms with Crippen molar-refractivity contribution in [2.24, 2.45) is 0 Å². The maximum absolute atomic E-state index is 9.07. The minimum absolute atomic E-state index is 0.0652. The van der Waals surface area contributed by atoms with Crippen LogP contribution in [0, 0.1) is 0 Å². The molecule has 74 valence electrons. The molecule has 0 aromatic carbocycles. The number of aliphatic hydroxyl groups is 1. The van der Waals surface area contributed by atoms with Gasteiger partial charge in [0.15, 0.2) is 0 Å². The summed E-state index contributed by atoms with van der Waals surface area (Å²) in [6.45, 7) is 8.60. The van der Waals surface area contributed by atoms with E-state index >= 15 is 0 Å². The van der Waals surface area contributed by atoms with Crippen LogP contribution in [0.25, 0.3) is 0 Å². The van der Waals surface area contributed by atoms with Crippen molar-refractivity contribution in [3.05, 3.63) is 15.6 Å². The van der Waals surface area contributed by atoms with Gasteiger partial charge in [0.05, 0.1) is 17.3 Å². The highest BCUT2D eigenvalue weighted by molar-refractivity contribution is 7.11. The van der Waals surface area contributed by atoms with Crippen LogP contribution in [0.5, 0.6) is 0 Å². The van der Waals surface area contributed by atoms with Crippen molar-refractivity contribution < 1.29 is 5.11 Å². The molecule has 1 N–H and O–H groups in total. The van der Waals surface area contributed by atoms with Gasteiger partial charge in [-0.05, 0) is 6.42 Å². The summed E-state index contributed by atoms with van der Waals surface area (Å²) in [5, 5.41) is 10.2. The van der Waals surface area contributed by atoms with E-state index in [2.05, 4.69) is 32.7 Å². The Kier molecular flexibility index (Phi) is 3.09. The molecule has 1 aromatic heterocycles. The first-order chi connectivity index (χ1) is 5.99. The van der Waals surface area contributed by atoms with Gasteiger partial charge >= 0.3 is 0 Å². The molecule has 3 heteroatoms. The summed E-state index contributed by atoms with van der Waals surface area (Å²) in [7, 11) is 0. The van der Waals surface area contributed by atoms with Crippen molar-refractivity contribution in [1.29, 1.82) is 0 Å². The maximum Gasteiger partial charge on any atom is 0.0985 e. The Balaban J connectivity index is 3.07. The summed E-state index contributed by atoms with van der Waals surface area (Å²) in [4.78, 5) is 5.65. The summed E-state index contributed by atoms with van der Waals surface area (Å²) in [6.07, 6.45) is 0.962. The fourth-order valence-electron chi connectivity index (χ4n) is 1.10. The predicted molar refractivity (Wildman–Crippen MR) is 56.1 cm³/mol. The number of aliphatic hydroxyl groups excluding tert-OH is 1. The summed E-state index contributed by atoms with van der Waals surface area (Å²) in [5.74, 6) is 0. The molecule has 1 aromatic rings. The van der Waals surface area contributed by atoms with Crippen LogP contribution in [0.3, 0.4) is 0 Å². The molecule has 1 heterocycles. The van der Waals surface area contributed by atoms with E-state index in [-0.39, 0.29) is 12.0 Å². The van der Waals surface area contributed by atoms with Gasteiger partial charge in [-0.25, -0.2) is 4.98 Å². The Morgan fingerprint density at radius 2 is 2.00 bits per heavy atom. The smallest absolute Gasteiger partial charge is 0.0985 e. The summed E-state index contributed by atoms with van der Waals surface area (Å²) >= 11 is 1.72. The summed E-state index contributed by atoms with van der Waals surface area (Å²) in [5.41, 5.74) is 0.958. The fraction of sp³-hybridized carbons (Fsp3) is 0.700. The van der Waals surface area contributed by atoms with Gasteiger partial charge in [-0.1, -0.05) is 27.7 Å². The van der Waals surface area contributed by atoms with Gasteiger partial charge < -0.3 is 5.11 Å². The SMILES string of the molecule is CCc1sc(C(C)(C)C)nc1CO. The highest BCUT2D eigenvalue weighted by atomic mass is 32.1. The third kappa shape index (κ3) is 2.29. The number of rotatable bonds is 2. The first-order valence-corrected chi connectivity index (χ1v) is 5.40. The van der Waals surface area contributed by atoms with E-state index in [1.807, 2.05) is 0 Å². The normalized spacial score (nSPS) is 12.1. The summed E-state index contributed by atoms with van der Waals surface area (Å²) in [6, 6.07) is 0. The summed E-state index contributed by atoms with van der Waals surface area (Å²) < 4.78 is 0. The zero-order valence-corrected chi connectivity index (χ0v) is 9.53. The Morgan fingerprint density at radius 3 is 2.31 bits per heavy atom. The quantitative estimate of drug-likeness (QED) is 0.794. The number of thiazole rings is 1. The molecule has 0 amide bonds. The third-order valence-corrected chi connectivity index (χ3v) is 3.56. The average Bonchev–Trinajstić information content (AvgIpc) is 2.45. The second-order valence-corrected chi connectivity index (χ2v) is 5.23. The van der Waals surface area contributed by atoms with Gasteiger partial charge in [-0.3, -0.25) is 0 Å². The van der Waals surface area contributed by atoms with Crippen LogP contribution in [0.1, 0.15) is 43.3 Å². The van der Waals surface area contributed by atoms with E-state index < -0.39 is 0 Å². The van der Waals surface area contributed by atoms with Gasteiger partial charge in [0.2, 0.25) is 0 Å². The minimum Gasteiger partial charge on any atom is -0.390 e. The second-order valence-electron chi connectivity index (χ2n) is 4.15. The Labute approximate surface area is 83.6 Å². The maximum atomic E-state index is 9.07. The molecule has 0 aliphatic heterocycles. The van der Waals surface area contributed by atoms with Gasteiger partial charge in [0, 0.05) is 10.3 Å². The lowest BCUT2D eigenvalue weighted by Gasteiger charge is -2.13. The first-order valence-electron chi connectivity index (χ1n) is 4.59. The van der Waals surface area contributed by atoms with Crippen LogP contribution >= 0.6 is 11.3 Å². The third-order valence-electron chi connectivity index (χ3n) is 1.89. The Morgan fingerprint density at radius 1 is 1.38 bits per heavy atom. The molecular formula is C10H17NOS. The molecule has 0 radical (unpaired) electrons. The van der Waals surface area contributed by atoms with Crippen LogP contribution in [-0.4, -0.2) is 10.1 Å². The van der Waals surface area contributed by atoms with Crippen LogP contribution in [0.15, 0.2) is 0 Å². The molecular weight excluding hydrogens is 182 g/mol. The topological polar surface area (TPSA) is 33.1 Å². The van der Waals surface area contributed by atoms with E-state index in [1.165, 1.54) is 4.88 Å². The molecule has 0 atom stereocenters. The molecule has 1 rings (SSSR count). The van der Waals surface area contributed by atoms with Gasteiger partial charge in [-0.15, -0.1) is 11.3 Å². The van der Waals surface area contributed by atoms with Crippen LogP contribution < -0.4 is 0 Å². The van der Waals surface area contributed by atoms with E-state index in [0.717, 1.165) is 17.1 Å². The molecule has 0 fully saturated rings. The van der Waals surface area contributed by atoms with Crippen molar-refractivity contribution >= 4 is 11.3 Å². The monoisotopic (exact) mass is 199 g/mol. The molecule has 0 spiro atoms. The molecule has 0 bridgehead atoms. The molecule has 0 aliphatic rings. The number of nitrogens with zero attached hydrogens (tertiary/aromatic N) is 1. The second kappa shape index (κ2) is 3.76. The molecule has 2 nitrogen and oxygen atoms in total. The minimum atomic E-state index is 0.0652. The Hall–Kier alpha value is -0.410. The number of aryl methyl sites for hydroxylation is 1. The predicted octanol–water partition coefficient (Wildman–Crippen LogP) is 2.50. The highest BCUT2D eigenvalue weighted by Crippen LogP contribution is 2.29. The van der Waals surface area contributed by atoms with E-state index in [9.17, 15) is 0 Å². The lowest BCUT2D eigenvalue weighted by atomic mass is 9.98. The first kappa shape index (κ1) is 10.7. The lowest BCUT2D eigenvalue weighted by molar-refractivity contribution is 0.276. The number of hydrogen-bond donors (Lipinski definition) is 1. The van der Waals surface area contributed by atoms with Crippen molar-refractivity contribution in [2.45, 2.75) is 46.1 Å². The van der Waals surface area contributed by atoms with E-state index in [4.69, 9.17) is 5.11 Å². The van der Waals surface area contributed by atoms with Crippen LogP contribution in [0.2, 0.25) is 0 Å². The molecule has 0 unspecified atom stereocenters.